The van der Waals surface area contributed by atoms with Gasteiger partial charge in [0.05, 0.1) is 6.54 Å². The van der Waals surface area contributed by atoms with Gasteiger partial charge < -0.3 is 15.3 Å². The van der Waals surface area contributed by atoms with E-state index in [9.17, 15) is 27.6 Å². The minimum atomic E-state index is -5.17. The number of rotatable bonds is 6. The summed E-state index contributed by atoms with van der Waals surface area (Å²) in [5, 5.41) is 9.62. The summed E-state index contributed by atoms with van der Waals surface area (Å²) in [7, 11) is 0. The molecule has 1 aromatic carbocycles. The van der Waals surface area contributed by atoms with Gasteiger partial charge in [0.25, 0.3) is 5.91 Å². The fourth-order valence-electron chi connectivity index (χ4n) is 2.23. The predicted octanol–water partition coefficient (Wildman–Crippen LogP) is 0.0620. The summed E-state index contributed by atoms with van der Waals surface area (Å²) in [5.74, 6) is -4.46. The van der Waals surface area contributed by atoms with E-state index in [1.54, 1.807) is 0 Å². The average molecular weight is 391 g/mol. The summed E-state index contributed by atoms with van der Waals surface area (Å²) in [6.45, 7) is 0.0675. The highest BCUT2D eigenvalue weighted by molar-refractivity contribution is 5.83. The van der Waals surface area contributed by atoms with Gasteiger partial charge in [-0.05, 0) is 18.1 Å². The van der Waals surface area contributed by atoms with Crippen LogP contribution in [-0.2, 0) is 25.6 Å². The fourth-order valence-corrected chi connectivity index (χ4v) is 2.23. The first-order valence-corrected chi connectivity index (χ1v) is 7.68. The molecule has 1 saturated heterocycles. The molecule has 1 aliphatic heterocycles. The van der Waals surface area contributed by atoms with Crippen LogP contribution in [0, 0.1) is 0 Å². The van der Waals surface area contributed by atoms with Crippen LogP contribution in [0.4, 0.5) is 13.2 Å². The van der Waals surface area contributed by atoms with Gasteiger partial charge in [0.2, 0.25) is 0 Å². The van der Waals surface area contributed by atoms with E-state index in [0.717, 1.165) is 6.07 Å². The molecule has 0 aromatic heterocycles. The number of carbonyl (C=O) groups excluding carboxylic acids is 3. The standard InChI is InChI=1S/C15H16F3N3O6/c16-15(17,18)14(24)26-11-4-2-1-3-8(11)7-9(19)13(23)27-20-10-5-6-21(25)12(10)22/h1-4,9-10,20,25H,5-7,19H2/t9-,10-/m1/s1. The molecule has 1 fully saturated rings. The van der Waals surface area contributed by atoms with Crippen LogP contribution in [0.25, 0.3) is 0 Å². The molecule has 1 heterocycles. The molecule has 2 atom stereocenters. The van der Waals surface area contributed by atoms with Crippen LogP contribution in [0.15, 0.2) is 24.3 Å². The lowest BCUT2D eigenvalue weighted by molar-refractivity contribution is -0.189. The molecule has 0 unspecified atom stereocenters. The van der Waals surface area contributed by atoms with Crippen molar-refractivity contribution in [2.24, 2.45) is 5.73 Å². The summed E-state index contributed by atoms with van der Waals surface area (Å²) in [6, 6.07) is 3.03. The van der Waals surface area contributed by atoms with Crippen LogP contribution in [0.1, 0.15) is 12.0 Å². The number of halogens is 3. The second-order valence-electron chi connectivity index (χ2n) is 5.65. The molecule has 27 heavy (non-hydrogen) atoms. The number of hydrogen-bond acceptors (Lipinski definition) is 8. The van der Waals surface area contributed by atoms with E-state index in [0.29, 0.717) is 5.06 Å². The van der Waals surface area contributed by atoms with Crippen LogP contribution in [0.2, 0.25) is 0 Å². The molecule has 2 rings (SSSR count). The van der Waals surface area contributed by atoms with Gasteiger partial charge in [-0.25, -0.2) is 14.7 Å². The molecular formula is C15H16F3N3O6. The Bertz CT molecular complexity index is 727. The van der Waals surface area contributed by atoms with Gasteiger partial charge in [0.15, 0.2) is 0 Å². The Kier molecular flexibility index (Phi) is 6.36. The first-order valence-electron chi connectivity index (χ1n) is 7.68. The number of carbonyl (C=O) groups is 3. The van der Waals surface area contributed by atoms with Crippen molar-refractivity contribution in [3.8, 4) is 5.75 Å². The predicted molar refractivity (Wildman–Crippen MR) is 80.9 cm³/mol. The Morgan fingerprint density at radius 3 is 2.63 bits per heavy atom. The second kappa shape index (κ2) is 8.33. The minimum absolute atomic E-state index is 0.0675. The number of hydrogen-bond donors (Lipinski definition) is 3. The number of hydroxylamine groups is 3. The Hall–Kier alpha value is -2.70. The van der Waals surface area contributed by atoms with Crippen LogP contribution in [0.3, 0.4) is 0 Å². The van der Waals surface area contributed by atoms with E-state index in [1.807, 2.05) is 0 Å². The number of nitrogens with two attached hydrogens (primary N) is 1. The zero-order chi connectivity index (χ0) is 20.2. The van der Waals surface area contributed by atoms with E-state index in [2.05, 4.69) is 10.2 Å². The molecule has 1 amide bonds. The fraction of sp³-hybridized carbons (Fsp3) is 0.400. The lowest BCUT2D eigenvalue weighted by Crippen LogP contribution is -2.43. The van der Waals surface area contributed by atoms with Crippen molar-refractivity contribution in [2.75, 3.05) is 6.54 Å². The lowest BCUT2D eigenvalue weighted by Gasteiger charge is -2.16. The van der Waals surface area contributed by atoms with Crippen molar-refractivity contribution in [2.45, 2.75) is 31.1 Å². The maximum atomic E-state index is 12.3. The van der Waals surface area contributed by atoms with Gasteiger partial charge in [-0.15, -0.1) is 5.48 Å². The maximum Gasteiger partial charge on any atom is 0.491 e. The van der Waals surface area contributed by atoms with Gasteiger partial charge in [-0.1, -0.05) is 18.2 Å². The van der Waals surface area contributed by atoms with Crippen LogP contribution >= 0.6 is 0 Å². The topological polar surface area (TPSA) is 131 Å². The molecule has 0 radical (unpaired) electrons. The number of para-hydroxylation sites is 1. The van der Waals surface area contributed by atoms with Crippen molar-refractivity contribution in [3.63, 3.8) is 0 Å². The van der Waals surface area contributed by atoms with Crippen molar-refractivity contribution < 1.29 is 42.3 Å². The summed E-state index contributed by atoms with van der Waals surface area (Å²) in [6.07, 6.45) is -5.26. The Morgan fingerprint density at radius 2 is 2.04 bits per heavy atom. The van der Waals surface area contributed by atoms with E-state index >= 15 is 0 Å². The van der Waals surface area contributed by atoms with Gasteiger partial charge in [-0.3, -0.25) is 10.0 Å². The highest BCUT2D eigenvalue weighted by Crippen LogP contribution is 2.24. The number of benzene rings is 1. The zero-order valence-electron chi connectivity index (χ0n) is 13.7. The Balaban J connectivity index is 1.95. The van der Waals surface area contributed by atoms with Crippen molar-refractivity contribution >= 4 is 17.8 Å². The largest absolute Gasteiger partial charge is 0.491 e. The molecule has 148 valence electrons. The lowest BCUT2D eigenvalue weighted by atomic mass is 10.1. The maximum absolute atomic E-state index is 12.3. The molecule has 0 bridgehead atoms. The Labute approximate surface area is 150 Å². The summed E-state index contributed by atoms with van der Waals surface area (Å²) >= 11 is 0. The number of nitrogens with zero attached hydrogens (tertiary/aromatic N) is 1. The number of nitrogens with one attached hydrogen (secondary N) is 1. The van der Waals surface area contributed by atoms with Gasteiger partial charge in [-0.2, -0.15) is 13.2 Å². The van der Waals surface area contributed by atoms with E-state index < -0.39 is 41.9 Å². The highest BCUT2D eigenvalue weighted by atomic mass is 19.4. The monoisotopic (exact) mass is 391 g/mol. The Morgan fingerprint density at radius 1 is 1.37 bits per heavy atom. The highest BCUT2D eigenvalue weighted by Gasteiger charge is 2.41. The first-order chi connectivity index (χ1) is 12.6. The molecular weight excluding hydrogens is 375 g/mol. The normalized spacial score (nSPS) is 18.3. The third-order valence-electron chi connectivity index (χ3n) is 3.63. The minimum Gasteiger partial charge on any atom is -0.420 e. The molecule has 4 N–H and O–H groups in total. The molecule has 0 aliphatic carbocycles. The zero-order valence-corrected chi connectivity index (χ0v) is 13.7. The van der Waals surface area contributed by atoms with Crippen LogP contribution < -0.4 is 16.0 Å². The molecule has 1 aromatic rings. The third-order valence-corrected chi connectivity index (χ3v) is 3.63. The molecule has 9 nitrogen and oxygen atoms in total. The average Bonchev–Trinajstić information content (AvgIpc) is 2.92. The second-order valence-corrected chi connectivity index (χ2v) is 5.65. The first kappa shape index (κ1) is 20.6. The third kappa shape index (κ3) is 5.39. The van der Waals surface area contributed by atoms with Crippen molar-refractivity contribution in [3.05, 3.63) is 29.8 Å². The van der Waals surface area contributed by atoms with Crippen molar-refractivity contribution in [1.82, 2.24) is 10.5 Å². The number of ether oxygens (including phenoxy) is 1. The number of esters is 1. The number of amides is 1. The summed E-state index contributed by atoms with van der Waals surface area (Å²) in [5.41, 5.74) is 7.92. The summed E-state index contributed by atoms with van der Waals surface area (Å²) in [4.78, 5) is 39.0. The SMILES string of the molecule is N[C@H](Cc1ccccc1OC(=O)C(F)(F)F)C(=O)ON[C@@H]1CCN(O)C1=O. The smallest absolute Gasteiger partial charge is 0.420 e. The quantitative estimate of drug-likeness (QED) is 0.269. The van der Waals surface area contributed by atoms with Gasteiger partial charge in [0.1, 0.15) is 17.8 Å². The van der Waals surface area contributed by atoms with E-state index in [4.69, 9.17) is 15.8 Å². The molecule has 0 saturated carbocycles. The van der Waals surface area contributed by atoms with Gasteiger partial charge in [0, 0.05) is 6.42 Å². The van der Waals surface area contributed by atoms with Crippen molar-refractivity contribution in [1.29, 1.82) is 0 Å². The van der Waals surface area contributed by atoms with Crippen LogP contribution in [0.5, 0.6) is 5.75 Å². The van der Waals surface area contributed by atoms with E-state index in [1.165, 1.54) is 18.2 Å². The molecule has 12 heteroatoms. The molecule has 1 aliphatic rings. The number of alkyl halides is 3. The van der Waals surface area contributed by atoms with Crippen LogP contribution in [-0.4, -0.2) is 52.9 Å². The molecule has 0 spiro atoms. The van der Waals surface area contributed by atoms with E-state index in [-0.39, 0.29) is 24.9 Å². The van der Waals surface area contributed by atoms with Gasteiger partial charge >= 0.3 is 18.1 Å². The summed E-state index contributed by atoms with van der Waals surface area (Å²) < 4.78 is 41.3.